The molecule has 0 aliphatic carbocycles. The molecule has 132 valence electrons. The number of nitrogens with zero attached hydrogens (tertiary/aromatic N) is 2. The van der Waals surface area contributed by atoms with Gasteiger partial charge < -0.3 is 15.0 Å². The number of aromatic nitrogens is 1. The zero-order valence-electron chi connectivity index (χ0n) is 13.6. The van der Waals surface area contributed by atoms with E-state index in [0.717, 1.165) is 23.2 Å². The molecule has 1 atom stereocenters. The van der Waals surface area contributed by atoms with Gasteiger partial charge in [0.25, 0.3) is 0 Å². The third-order valence-corrected chi connectivity index (χ3v) is 4.37. The van der Waals surface area contributed by atoms with E-state index in [4.69, 9.17) is 21.3 Å². The molecule has 2 aromatic carbocycles. The van der Waals surface area contributed by atoms with Crippen LogP contribution in [0.2, 0.25) is 5.02 Å². The normalized spacial score (nSPS) is 14.8. The quantitative estimate of drug-likeness (QED) is 0.613. The molecule has 1 unspecified atom stereocenters. The highest BCUT2D eigenvalue weighted by molar-refractivity contribution is 6.30. The lowest BCUT2D eigenvalue weighted by Gasteiger charge is -2.11. The Morgan fingerprint density at radius 3 is 2.38 bits per heavy atom. The first-order chi connectivity index (χ1) is 12.6. The zero-order chi connectivity index (χ0) is 18.1. The van der Waals surface area contributed by atoms with Crippen LogP contribution in [0.3, 0.4) is 0 Å². The van der Waals surface area contributed by atoms with Gasteiger partial charge in [0.2, 0.25) is 0 Å². The van der Waals surface area contributed by atoms with Crippen molar-refractivity contribution in [3.8, 4) is 22.6 Å². The molecule has 4 rings (SSSR count). The summed E-state index contributed by atoms with van der Waals surface area (Å²) in [6.45, 7) is 1.43. The molecular weight excluding hydrogens is 356 g/mol. The number of nitrogens with one attached hydrogen (secondary N) is 2. The van der Waals surface area contributed by atoms with Crippen LogP contribution in [0.25, 0.3) is 22.6 Å². The number of hydrogen-bond donors (Lipinski definition) is 3. The summed E-state index contributed by atoms with van der Waals surface area (Å²) in [6, 6.07) is 13.8. The Kier molecular flexibility index (Phi) is 4.44. The third-order valence-electron chi connectivity index (χ3n) is 4.11. The van der Waals surface area contributed by atoms with Crippen molar-refractivity contribution in [1.29, 1.82) is 0 Å². The highest BCUT2D eigenvalue weighted by atomic mass is 35.5. The lowest BCUT2D eigenvalue weighted by Crippen LogP contribution is -2.99. The van der Waals surface area contributed by atoms with Crippen molar-refractivity contribution < 1.29 is 15.0 Å². The van der Waals surface area contributed by atoms with E-state index in [0.29, 0.717) is 28.9 Å². The van der Waals surface area contributed by atoms with Gasteiger partial charge in [0.1, 0.15) is 11.5 Å². The van der Waals surface area contributed by atoms with E-state index in [1.54, 1.807) is 36.4 Å². The summed E-state index contributed by atoms with van der Waals surface area (Å²) in [7, 11) is 0. The van der Waals surface area contributed by atoms with Gasteiger partial charge >= 0.3 is 0 Å². The van der Waals surface area contributed by atoms with Crippen molar-refractivity contribution >= 4 is 23.1 Å². The lowest BCUT2D eigenvalue weighted by molar-refractivity contribution is -0.991. The first-order valence-electron chi connectivity index (χ1n) is 8.01. The number of benzene rings is 2. The van der Waals surface area contributed by atoms with Gasteiger partial charge in [0.15, 0.2) is 11.4 Å². The van der Waals surface area contributed by atoms with Gasteiger partial charge in [-0.2, -0.15) is 5.23 Å². The summed E-state index contributed by atoms with van der Waals surface area (Å²) in [4.78, 5) is 4.50. The number of hydrogen-bond acceptors (Lipinski definition) is 6. The molecule has 0 amide bonds. The maximum Gasteiger partial charge on any atom is 0.178 e. The molecule has 7 nitrogen and oxygen atoms in total. The molecule has 0 spiro atoms. The van der Waals surface area contributed by atoms with Crippen LogP contribution in [0, 0.1) is 5.21 Å². The van der Waals surface area contributed by atoms with Gasteiger partial charge in [-0.25, -0.2) is 5.21 Å². The maximum absolute atomic E-state index is 11.1. The Bertz CT molecular complexity index is 950. The van der Waals surface area contributed by atoms with Crippen molar-refractivity contribution in [2.24, 2.45) is 4.99 Å². The smallest absolute Gasteiger partial charge is 0.178 e. The summed E-state index contributed by atoms with van der Waals surface area (Å²) in [5, 5.41) is 27.3. The van der Waals surface area contributed by atoms with Gasteiger partial charge in [-0.05, 0) is 36.4 Å². The minimum Gasteiger partial charge on any atom is -0.595 e. The predicted octanol–water partition coefficient (Wildman–Crippen LogP) is 2.42. The summed E-state index contributed by atoms with van der Waals surface area (Å²) < 4.78 is 5.64. The van der Waals surface area contributed by atoms with Crippen LogP contribution in [0.4, 0.5) is 5.69 Å². The first kappa shape index (κ1) is 16.7. The molecular formula is C18H15ClN4O3. The molecule has 26 heavy (non-hydrogen) atoms. The van der Waals surface area contributed by atoms with E-state index in [2.05, 4.69) is 15.5 Å². The maximum atomic E-state index is 11.1. The van der Waals surface area contributed by atoms with Crippen LogP contribution in [-0.2, 0) is 0 Å². The molecule has 8 heteroatoms. The van der Waals surface area contributed by atoms with Crippen molar-refractivity contribution in [2.75, 3.05) is 13.1 Å². The standard InChI is InChI=1S/C18H15ClN4O3/c19-13-5-1-12(2-6-13)17-15(18-20-9-10-21-18)16(22-26-17)11-3-7-14(8-4-11)23(24)25/h1-8,23-24H,9-10H2,(H,20,21). The number of aliphatic imine (C=N–C) groups is 1. The number of rotatable bonds is 4. The number of halogens is 1. The molecule has 0 fully saturated rings. The Morgan fingerprint density at radius 1 is 1.08 bits per heavy atom. The second kappa shape index (κ2) is 6.89. The molecule has 0 saturated carbocycles. The molecule has 3 N–H and O–H groups in total. The Hall–Kier alpha value is -2.71. The van der Waals surface area contributed by atoms with Gasteiger partial charge in [-0.3, -0.25) is 4.99 Å². The van der Waals surface area contributed by atoms with Crippen molar-refractivity contribution in [3.63, 3.8) is 0 Å². The van der Waals surface area contributed by atoms with Gasteiger partial charge in [0.05, 0.1) is 12.1 Å². The fourth-order valence-electron chi connectivity index (χ4n) is 2.84. The minimum atomic E-state index is -0.972. The van der Waals surface area contributed by atoms with Crippen LogP contribution in [-0.4, -0.2) is 29.3 Å². The molecule has 0 bridgehead atoms. The monoisotopic (exact) mass is 370 g/mol. The van der Waals surface area contributed by atoms with E-state index in [9.17, 15) is 5.21 Å². The average molecular weight is 371 g/mol. The Balaban J connectivity index is 1.83. The molecule has 1 aromatic heterocycles. The summed E-state index contributed by atoms with van der Waals surface area (Å²) in [5.41, 5.74) is 3.17. The number of quaternary nitrogens is 1. The average Bonchev–Trinajstić information content (AvgIpc) is 3.32. The predicted molar refractivity (Wildman–Crippen MR) is 97.6 cm³/mol. The fraction of sp³-hybridized carbons (Fsp3) is 0.111. The van der Waals surface area contributed by atoms with Crippen molar-refractivity contribution in [1.82, 2.24) is 10.5 Å². The lowest BCUT2D eigenvalue weighted by atomic mass is 10.0. The minimum absolute atomic E-state index is 0.216. The molecule has 3 aromatic rings. The Labute approximate surface area is 154 Å². The largest absolute Gasteiger partial charge is 0.595 e. The molecule has 2 heterocycles. The van der Waals surface area contributed by atoms with Gasteiger partial charge in [-0.1, -0.05) is 16.8 Å². The molecule has 0 saturated heterocycles. The van der Waals surface area contributed by atoms with E-state index in [1.165, 1.54) is 0 Å². The summed E-state index contributed by atoms with van der Waals surface area (Å²) in [6.07, 6.45) is 0. The molecule has 1 aliphatic rings. The SMILES string of the molecule is [O-][NH+](O)c1ccc(-c2noc(-c3ccc(Cl)cc3)c2C2=NCCN2)cc1. The van der Waals surface area contributed by atoms with Crippen LogP contribution in [0.1, 0.15) is 5.56 Å². The highest BCUT2D eigenvalue weighted by Gasteiger charge is 2.25. The Morgan fingerprint density at radius 2 is 1.77 bits per heavy atom. The molecule has 1 aliphatic heterocycles. The zero-order valence-corrected chi connectivity index (χ0v) is 14.3. The summed E-state index contributed by atoms with van der Waals surface area (Å²) in [5.74, 6) is 1.31. The van der Waals surface area contributed by atoms with Crippen LogP contribution in [0.5, 0.6) is 0 Å². The second-order valence-corrected chi connectivity index (χ2v) is 6.22. The van der Waals surface area contributed by atoms with Crippen molar-refractivity contribution in [2.45, 2.75) is 0 Å². The second-order valence-electron chi connectivity index (χ2n) is 5.78. The van der Waals surface area contributed by atoms with E-state index >= 15 is 0 Å². The van der Waals surface area contributed by atoms with E-state index in [1.807, 2.05) is 12.1 Å². The van der Waals surface area contributed by atoms with Crippen LogP contribution < -0.4 is 10.5 Å². The summed E-state index contributed by atoms with van der Waals surface area (Å²) >= 11 is 5.98. The van der Waals surface area contributed by atoms with Crippen LogP contribution >= 0.6 is 11.6 Å². The van der Waals surface area contributed by atoms with Crippen molar-refractivity contribution in [3.05, 3.63) is 64.3 Å². The molecule has 0 radical (unpaired) electrons. The van der Waals surface area contributed by atoms with E-state index in [-0.39, 0.29) is 5.69 Å². The van der Waals surface area contributed by atoms with Crippen LogP contribution in [0.15, 0.2) is 58.0 Å². The highest BCUT2D eigenvalue weighted by Crippen LogP contribution is 2.33. The van der Waals surface area contributed by atoms with Gasteiger partial charge in [0, 0.05) is 34.8 Å². The topological polar surface area (TPSA) is 98.2 Å². The fourth-order valence-corrected chi connectivity index (χ4v) is 2.97. The third kappa shape index (κ3) is 3.09. The number of amidine groups is 1. The first-order valence-corrected chi connectivity index (χ1v) is 8.39. The van der Waals surface area contributed by atoms with Gasteiger partial charge in [-0.15, -0.1) is 0 Å². The van der Waals surface area contributed by atoms with E-state index < -0.39 is 5.23 Å².